The zero-order valence-corrected chi connectivity index (χ0v) is 13.9. The summed E-state index contributed by atoms with van der Waals surface area (Å²) >= 11 is 0. The zero-order valence-electron chi connectivity index (χ0n) is 13.1. The Labute approximate surface area is 132 Å². The molecule has 3 unspecified atom stereocenters. The summed E-state index contributed by atoms with van der Waals surface area (Å²) in [5.41, 5.74) is 0. The molecule has 1 amide bonds. The lowest BCUT2D eigenvalue weighted by molar-refractivity contribution is -0.126. The van der Waals surface area contributed by atoms with Crippen LogP contribution >= 0.6 is 0 Å². The van der Waals surface area contributed by atoms with E-state index in [1.54, 1.807) is 0 Å². The van der Waals surface area contributed by atoms with E-state index in [-0.39, 0.29) is 17.6 Å². The highest BCUT2D eigenvalue weighted by Gasteiger charge is 2.36. The van der Waals surface area contributed by atoms with Crippen LogP contribution in [0.5, 0.6) is 0 Å². The minimum Gasteiger partial charge on any atom is -0.391 e. The number of amides is 1. The molecule has 2 fully saturated rings. The van der Waals surface area contributed by atoms with Crippen molar-refractivity contribution >= 4 is 15.9 Å². The summed E-state index contributed by atoms with van der Waals surface area (Å²) in [5, 5.41) is 15.6. The summed E-state index contributed by atoms with van der Waals surface area (Å²) in [6.07, 6.45) is 2.33. The second-order valence-electron chi connectivity index (χ2n) is 6.17. The number of carbonyl (C=O) groups is 1. The van der Waals surface area contributed by atoms with Gasteiger partial charge in [-0.2, -0.15) is 4.31 Å². The second kappa shape index (κ2) is 7.72. The molecule has 3 N–H and O–H groups in total. The van der Waals surface area contributed by atoms with Crippen LogP contribution in [0.1, 0.15) is 32.6 Å². The van der Waals surface area contributed by atoms with Gasteiger partial charge in [0.2, 0.25) is 15.9 Å². The third-order valence-corrected chi connectivity index (χ3v) is 6.49. The Morgan fingerprint density at radius 1 is 1.36 bits per heavy atom. The van der Waals surface area contributed by atoms with Gasteiger partial charge in [-0.25, -0.2) is 8.42 Å². The van der Waals surface area contributed by atoms with Crippen LogP contribution in [0.15, 0.2) is 0 Å². The third-order valence-electron chi connectivity index (χ3n) is 4.42. The fraction of sp³-hybridized carbons (Fsp3) is 0.929. The van der Waals surface area contributed by atoms with Gasteiger partial charge in [0.25, 0.3) is 0 Å². The van der Waals surface area contributed by atoms with Gasteiger partial charge in [0, 0.05) is 32.1 Å². The molecular formula is C14H27N3O4S. The van der Waals surface area contributed by atoms with Crippen LogP contribution in [-0.2, 0) is 14.8 Å². The molecule has 0 aliphatic carbocycles. The molecule has 2 rings (SSSR count). The molecule has 0 saturated carbocycles. The Balaban J connectivity index is 1.96. The van der Waals surface area contributed by atoms with Crippen molar-refractivity contribution in [2.75, 3.05) is 31.9 Å². The first-order valence-electron chi connectivity index (χ1n) is 8.11. The lowest BCUT2D eigenvalue weighted by Crippen LogP contribution is -2.53. The van der Waals surface area contributed by atoms with E-state index < -0.39 is 22.2 Å². The lowest BCUT2D eigenvalue weighted by Gasteiger charge is -2.33. The SMILES string of the molecule is CCCS(=O)(=O)N1CCCCC1C(=O)NCC1CNCC1O. The predicted octanol–water partition coefficient (Wildman–Crippen LogP) is -0.723. The second-order valence-corrected chi connectivity index (χ2v) is 8.21. The summed E-state index contributed by atoms with van der Waals surface area (Å²) < 4.78 is 26.0. The normalized spacial score (nSPS) is 30.4. The Kier molecular flexibility index (Phi) is 6.19. The number of rotatable bonds is 6. The quantitative estimate of drug-likeness (QED) is 0.596. The van der Waals surface area contributed by atoms with E-state index in [4.69, 9.17) is 0 Å². The van der Waals surface area contributed by atoms with Crippen LogP contribution in [0.25, 0.3) is 0 Å². The molecule has 2 saturated heterocycles. The molecule has 3 atom stereocenters. The smallest absolute Gasteiger partial charge is 0.238 e. The van der Waals surface area contributed by atoms with Crippen LogP contribution < -0.4 is 10.6 Å². The van der Waals surface area contributed by atoms with Crippen molar-refractivity contribution < 1.29 is 18.3 Å². The number of nitrogens with zero attached hydrogens (tertiary/aromatic N) is 1. The van der Waals surface area contributed by atoms with Crippen molar-refractivity contribution in [2.45, 2.75) is 44.8 Å². The van der Waals surface area contributed by atoms with E-state index in [1.165, 1.54) is 4.31 Å². The number of nitrogens with one attached hydrogen (secondary N) is 2. The topological polar surface area (TPSA) is 98.7 Å². The molecule has 2 heterocycles. The highest BCUT2D eigenvalue weighted by atomic mass is 32.2. The number of β-amino-alcohol motifs (C(OH)–C–C–N with tert-alkyl or cyclic N) is 1. The maximum Gasteiger partial charge on any atom is 0.238 e. The van der Waals surface area contributed by atoms with Gasteiger partial charge in [0.05, 0.1) is 11.9 Å². The number of hydrogen-bond acceptors (Lipinski definition) is 5. The minimum absolute atomic E-state index is 0.00626. The van der Waals surface area contributed by atoms with Crippen LogP contribution in [0.3, 0.4) is 0 Å². The molecule has 128 valence electrons. The maximum atomic E-state index is 12.4. The van der Waals surface area contributed by atoms with Gasteiger partial charge in [-0.15, -0.1) is 0 Å². The van der Waals surface area contributed by atoms with Gasteiger partial charge < -0.3 is 15.7 Å². The Morgan fingerprint density at radius 2 is 2.14 bits per heavy atom. The molecule has 2 aliphatic rings. The molecule has 2 aliphatic heterocycles. The summed E-state index contributed by atoms with van der Waals surface area (Å²) in [7, 11) is -3.36. The molecule has 0 aromatic rings. The fourth-order valence-electron chi connectivity index (χ4n) is 3.15. The first kappa shape index (κ1) is 17.7. The summed E-state index contributed by atoms with van der Waals surface area (Å²) in [4.78, 5) is 12.4. The third kappa shape index (κ3) is 4.18. The van der Waals surface area contributed by atoms with Crippen molar-refractivity contribution in [1.82, 2.24) is 14.9 Å². The highest BCUT2D eigenvalue weighted by Crippen LogP contribution is 2.21. The maximum absolute atomic E-state index is 12.4. The van der Waals surface area contributed by atoms with Crippen molar-refractivity contribution in [3.8, 4) is 0 Å². The van der Waals surface area contributed by atoms with Crippen molar-refractivity contribution in [3.63, 3.8) is 0 Å². The molecule has 0 radical (unpaired) electrons. The summed E-state index contributed by atoms with van der Waals surface area (Å²) in [5.74, 6) is -0.158. The van der Waals surface area contributed by atoms with E-state index in [0.29, 0.717) is 39.0 Å². The first-order valence-corrected chi connectivity index (χ1v) is 9.72. The molecular weight excluding hydrogens is 306 g/mol. The summed E-state index contributed by atoms with van der Waals surface area (Å²) in [6.45, 7) is 3.84. The molecule has 0 aromatic carbocycles. The standard InChI is InChI=1S/C14H27N3O4S/c1-2-7-22(20,21)17-6-4-3-5-12(17)14(19)16-9-11-8-15-10-13(11)18/h11-13,15,18H,2-10H2,1H3,(H,16,19). The van der Waals surface area contributed by atoms with E-state index in [9.17, 15) is 18.3 Å². The van der Waals surface area contributed by atoms with Crippen LogP contribution in [0.4, 0.5) is 0 Å². The summed E-state index contributed by atoms with van der Waals surface area (Å²) in [6, 6.07) is -0.600. The Bertz CT molecular complexity index is 482. The van der Waals surface area contributed by atoms with E-state index in [1.807, 2.05) is 6.92 Å². The number of aliphatic hydroxyl groups is 1. The molecule has 22 heavy (non-hydrogen) atoms. The largest absolute Gasteiger partial charge is 0.391 e. The fourth-order valence-corrected chi connectivity index (χ4v) is 4.90. The molecule has 0 bridgehead atoms. The average molecular weight is 333 g/mol. The van der Waals surface area contributed by atoms with Crippen LogP contribution in [-0.4, -0.2) is 67.8 Å². The zero-order chi connectivity index (χ0) is 16.2. The molecule has 7 nitrogen and oxygen atoms in total. The van der Waals surface area contributed by atoms with Crippen molar-refractivity contribution in [2.24, 2.45) is 5.92 Å². The highest BCUT2D eigenvalue weighted by molar-refractivity contribution is 7.89. The molecule has 0 spiro atoms. The van der Waals surface area contributed by atoms with Gasteiger partial charge in [-0.1, -0.05) is 13.3 Å². The van der Waals surface area contributed by atoms with Crippen molar-refractivity contribution in [1.29, 1.82) is 0 Å². The Hall–Kier alpha value is -0.700. The monoisotopic (exact) mass is 333 g/mol. The van der Waals surface area contributed by atoms with Gasteiger partial charge in [0.1, 0.15) is 6.04 Å². The number of hydrogen-bond donors (Lipinski definition) is 3. The average Bonchev–Trinajstić information content (AvgIpc) is 2.90. The Morgan fingerprint density at radius 3 is 2.77 bits per heavy atom. The number of carbonyl (C=O) groups excluding carboxylic acids is 1. The van der Waals surface area contributed by atoms with Gasteiger partial charge >= 0.3 is 0 Å². The van der Waals surface area contributed by atoms with Crippen molar-refractivity contribution in [3.05, 3.63) is 0 Å². The van der Waals surface area contributed by atoms with Crippen LogP contribution in [0, 0.1) is 5.92 Å². The minimum atomic E-state index is -3.36. The van der Waals surface area contributed by atoms with Gasteiger partial charge in [0.15, 0.2) is 0 Å². The predicted molar refractivity (Wildman–Crippen MR) is 83.8 cm³/mol. The van der Waals surface area contributed by atoms with Gasteiger partial charge in [-0.05, 0) is 19.3 Å². The number of piperidine rings is 1. The van der Waals surface area contributed by atoms with E-state index in [0.717, 1.165) is 12.8 Å². The first-order chi connectivity index (χ1) is 10.5. The molecule has 8 heteroatoms. The molecule has 0 aromatic heterocycles. The number of sulfonamides is 1. The number of aliphatic hydroxyl groups excluding tert-OH is 1. The van der Waals surface area contributed by atoms with E-state index in [2.05, 4.69) is 10.6 Å². The van der Waals surface area contributed by atoms with Gasteiger partial charge in [-0.3, -0.25) is 4.79 Å². The van der Waals surface area contributed by atoms with Crippen LogP contribution in [0.2, 0.25) is 0 Å². The lowest BCUT2D eigenvalue weighted by atomic mass is 10.0. The van der Waals surface area contributed by atoms with E-state index >= 15 is 0 Å².